The van der Waals surface area contributed by atoms with E-state index in [1.54, 1.807) is 29.1 Å². The van der Waals surface area contributed by atoms with Gasteiger partial charge in [0.15, 0.2) is 0 Å². The normalized spacial score (nSPS) is 14.3. The van der Waals surface area contributed by atoms with Crippen LogP contribution in [0, 0.1) is 10.1 Å². The van der Waals surface area contributed by atoms with Gasteiger partial charge < -0.3 is 9.15 Å². The maximum Gasteiger partial charge on any atom is 0.345 e. The highest BCUT2D eigenvalue weighted by Crippen LogP contribution is 2.30. The lowest BCUT2D eigenvalue weighted by Gasteiger charge is -2.26. The molecule has 0 amide bonds. The predicted octanol–water partition coefficient (Wildman–Crippen LogP) is 4.02. The minimum atomic E-state index is -3.94. The third kappa shape index (κ3) is 5.66. The highest BCUT2D eigenvalue weighted by molar-refractivity contribution is 7.89. The summed E-state index contributed by atoms with van der Waals surface area (Å²) in [7, 11) is -3.94. The monoisotopic (exact) mass is 600 g/mol. The molecule has 0 saturated carbocycles. The molecule has 5 aromatic rings. The number of anilines is 1. The Kier molecular flexibility index (Phi) is 7.54. The summed E-state index contributed by atoms with van der Waals surface area (Å²) in [6.07, 6.45) is 3.04. The van der Waals surface area contributed by atoms with Gasteiger partial charge in [-0.2, -0.15) is 14.5 Å². The fraction of sp³-hybridized carbons (Fsp3) is 0.138. The van der Waals surface area contributed by atoms with Crippen molar-refractivity contribution >= 4 is 38.6 Å². The van der Waals surface area contributed by atoms with Crippen LogP contribution in [-0.2, 0) is 14.8 Å². The number of hydrogen-bond acceptors (Lipinski definition) is 10. The maximum absolute atomic E-state index is 13.0. The number of sulfonamides is 1. The van der Waals surface area contributed by atoms with E-state index in [-0.39, 0.29) is 48.1 Å². The molecule has 43 heavy (non-hydrogen) atoms. The quantitative estimate of drug-likeness (QED) is 0.120. The van der Waals surface area contributed by atoms with Crippen LogP contribution in [0.15, 0.2) is 104 Å². The van der Waals surface area contributed by atoms with E-state index in [4.69, 9.17) is 9.15 Å². The van der Waals surface area contributed by atoms with Crippen molar-refractivity contribution in [1.82, 2.24) is 14.1 Å². The molecule has 2 aromatic heterocycles. The van der Waals surface area contributed by atoms with Crippen molar-refractivity contribution in [2.45, 2.75) is 4.90 Å². The molecule has 0 spiro atoms. The minimum Gasteiger partial charge on any atom is -0.422 e. The first-order valence-electron chi connectivity index (χ1n) is 13.1. The van der Waals surface area contributed by atoms with Crippen LogP contribution in [0.1, 0.15) is 5.56 Å². The lowest BCUT2D eigenvalue weighted by molar-refractivity contribution is -0.384. The molecular formula is C29H24N6O7S. The number of benzene rings is 3. The predicted molar refractivity (Wildman–Crippen MR) is 159 cm³/mol. The van der Waals surface area contributed by atoms with Crippen molar-refractivity contribution in [3.05, 3.63) is 111 Å². The Bertz CT molecular complexity index is 2020. The van der Waals surface area contributed by atoms with E-state index in [1.165, 1.54) is 22.7 Å². The molecule has 0 bridgehead atoms. The van der Waals surface area contributed by atoms with Crippen molar-refractivity contribution in [2.75, 3.05) is 31.7 Å². The average molecular weight is 601 g/mol. The largest absolute Gasteiger partial charge is 0.422 e. The van der Waals surface area contributed by atoms with Gasteiger partial charge in [0.2, 0.25) is 10.0 Å². The van der Waals surface area contributed by atoms with Gasteiger partial charge in [-0.25, -0.2) is 17.9 Å². The van der Waals surface area contributed by atoms with Crippen LogP contribution in [0.3, 0.4) is 0 Å². The Morgan fingerprint density at radius 1 is 1.00 bits per heavy atom. The lowest BCUT2D eigenvalue weighted by atomic mass is 10.1. The molecule has 6 rings (SSSR count). The Hall–Kier alpha value is -5.18. The van der Waals surface area contributed by atoms with Crippen molar-refractivity contribution in [3.63, 3.8) is 0 Å². The zero-order valence-corrected chi connectivity index (χ0v) is 23.3. The second-order valence-corrected chi connectivity index (χ2v) is 11.5. The van der Waals surface area contributed by atoms with Gasteiger partial charge in [0.05, 0.1) is 40.5 Å². The van der Waals surface area contributed by atoms with Crippen LogP contribution in [-0.4, -0.2) is 59.9 Å². The number of fused-ring (bicyclic) bond motifs is 1. The van der Waals surface area contributed by atoms with Crippen molar-refractivity contribution < 1.29 is 22.5 Å². The van der Waals surface area contributed by atoms with Gasteiger partial charge in [0.25, 0.3) is 5.69 Å². The summed E-state index contributed by atoms with van der Waals surface area (Å²) in [5.41, 5.74) is 3.63. The van der Waals surface area contributed by atoms with E-state index in [0.29, 0.717) is 16.5 Å². The first-order chi connectivity index (χ1) is 20.8. The van der Waals surface area contributed by atoms with Gasteiger partial charge in [-0.3, -0.25) is 15.5 Å². The fourth-order valence-electron chi connectivity index (χ4n) is 4.66. The number of morpholine rings is 1. The molecule has 0 unspecified atom stereocenters. The molecule has 3 heterocycles. The Balaban J connectivity index is 1.35. The number of hydrazone groups is 1. The van der Waals surface area contributed by atoms with Gasteiger partial charge in [0, 0.05) is 36.3 Å². The third-order valence-electron chi connectivity index (χ3n) is 6.82. The molecule has 1 aliphatic heterocycles. The molecule has 13 nitrogen and oxygen atoms in total. The SMILES string of the molecule is O=c1oc2ccccc2cc1-c1nn(-c2ccccc2)cc1C=NNc1ccc(S(=O)(=O)N2CCOCC2)cc1[N+](=O)[O-]. The molecule has 0 atom stereocenters. The average Bonchev–Trinajstić information content (AvgIpc) is 3.45. The van der Waals surface area contributed by atoms with Crippen LogP contribution < -0.4 is 11.1 Å². The Morgan fingerprint density at radius 3 is 2.51 bits per heavy atom. The number of nitro benzene ring substituents is 1. The molecule has 0 radical (unpaired) electrons. The molecule has 1 fully saturated rings. The lowest BCUT2D eigenvalue weighted by Crippen LogP contribution is -2.40. The molecule has 14 heteroatoms. The number of aromatic nitrogens is 2. The van der Waals surface area contributed by atoms with E-state index in [9.17, 15) is 23.3 Å². The first kappa shape index (κ1) is 28.0. The fourth-order valence-corrected chi connectivity index (χ4v) is 6.08. The standard InChI is InChI=1S/C29H24N6O7S/c36-29-24(16-20-6-4-5-9-27(20)42-29)28-21(19-34(32-28)22-7-2-1-3-8-22)18-30-31-25-11-10-23(17-26(25)35(37)38)43(39,40)33-12-14-41-15-13-33/h1-11,16-19,31H,12-15H2. The molecule has 218 valence electrons. The number of nitrogens with zero attached hydrogens (tertiary/aromatic N) is 5. The number of nitrogens with one attached hydrogen (secondary N) is 1. The van der Waals surface area contributed by atoms with Gasteiger partial charge in [-0.05, 0) is 36.4 Å². The Morgan fingerprint density at radius 2 is 1.74 bits per heavy atom. The minimum absolute atomic E-state index is 0.0237. The summed E-state index contributed by atoms with van der Waals surface area (Å²) in [5, 5.41) is 21.4. The molecule has 3 aromatic carbocycles. The number of rotatable bonds is 8. The van der Waals surface area contributed by atoms with Crippen LogP contribution in [0.5, 0.6) is 0 Å². The molecule has 1 saturated heterocycles. The maximum atomic E-state index is 13.0. The number of hydrogen-bond donors (Lipinski definition) is 1. The van der Waals surface area contributed by atoms with E-state index >= 15 is 0 Å². The summed E-state index contributed by atoms with van der Waals surface area (Å²) in [5.74, 6) is 0. The van der Waals surface area contributed by atoms with Crippen LogP contribution >= 0.6 is 0 Å². The Labute approximate surface area is 244 Å². The highest BCUT2D eigenvalue weighted by atomic mass is 32.2. The molecule has 1 N–H and O–H groups in total. The zero-order valence-electron chi connectivity index (χ0n) is 22.5. The molecule has 0 aliphatic carbocycles. The van der Waals surface area contributed by atoms with Crippen LogP contribution in [0.25, 0.3) is 27.9 Å². The van der Waals surface area contributed by atoms with Crippen molar-refractivity contribution in [2.24, 2.45) is 5.10 Å². The van der Waals surface area contributed by atoms with Crippen molar-refractivity contribution in [1.29, 1.82) is 0 Å². The number of nitro groups is 1. The smallest absolute Gasteiger partial charge is 0.345 e. The van der Waals surface area contributed by atoms with E-state index in [0.717, 1.165) is 11.8 Å². The summed E-state index contributed by atoms with van der Waals surface area (Å²) in [6.45, 7) is 0.823. The van der Waals surface area contributed by atoms with Gasteiger partial charge in [-0.1, -0.05) is 36.4 Å². The third-order valence-corrected chi connectivity index (χ3v) is 8.72. The topological polar surface area (TPSA) is 162 Å². The summed E-state index contributed by atoms with van der Waals surface area (Å²) >= 11 is 0. The zero-order chi connectivity index (χ0) is 30.0. The molecular weight excluding hydrogens is 576 g/mol. The summed E-state index contributed by atoms with van der Waals surface area (Å²) < 4.78 is 39.6. The van der Waals surface area contributed by atoms with E-state index in [2.05, 4.69) is 15.6 Å². The first-order valence-corrected chi connectivity index (χ1v) is 14.6. The van der Waals surface area contributed by atoms with E-state index < -0.39 is 26.3 Å². The van der Waals surface area contributed by atoms with Crippen LogP contribution in [0.4, 0.5) is 11.4 Å². The second-order valence-electron chi connectivity index (χ2n) is 9.52. The van der Waals surface area contributed by atoms with Gasteiger partial charge in [0.1, 0.15) is 17.0 Å². The summed E-state index contributed by atoms with van der Waals surface area (Å²) in [4.78, 5) is 24.0. The van der Waals surface area contributed by atoms with Crippen molar-refractivity contribution in [3.8, 4) is 16.9 Å². The number of para-hydroxylation sites is 2. The van der Waals surface area contributed by atoms with E-state index in [1.807, 2.05) is 42.5 Å². The number of ether oxygens (including phenoxy) is 1. The van der Waals surface area contributed by atoms with Gasteiger partial charge in [-0.15, -0.1) is 0 Å². The van der Waals surface area contributed by atoms with Crippen LogP contribution in [0.2, 0.25) is 0 Å². The highest BCUT2D eigenvalue weighted by Gasteiger charge is 2.29. The van der Waals surface area contributed by atoms with Gasteiger partial charge >= 0.3 is 5.63 Å². The molecule has 1 aliphatic rings. The summed E-state index contributed by atoms with van der Waals surface area (Å²) in [6, 6.07) is 21.6. The second kappa shape index (κ2) is 11.6.